The third-order valence-electron chi connectivity index (χ3n) is 7.06. The highest BCUT2D eigenvalue weighted by Crippen LogP contribution is 2.46. The van der Waals surface area contributed by atoms with Crippen molar-refractivity contribution in [2.24, 2.45) is 4.99 Å². The van der Waals surface area contributed by atoms with E-state index in [-0.39, 0.29) is 18.2 Å². The lowest BCUT2D eigenvalue weighted by molar-refractivity contribution is -0.133. The summed E-state index contributed by atoms with van der Waals surface area (Å²) in [5, 5.41) is 0. The minimum Gasteiger partial charge on any atom is -0.497 e. The van der Waals surface area contributed by atoms with E-state index in [0.29, 0.717) is 42.5 Å². The summed E-state index contributed by atoms with van der Waals surface area (Å²) in [5.41, 5.74) is 1.38. The molecule has 1 N–H and O–H groups in total. The molecular weight excluding hydrogens is 446 g/mol. The van der Waals surface area contributed by atoms with Crippen LogP contribution in [-0.2, 0) is 9.59 Å². The fourth-order valence-corrected chi connectivity index (χ4v) is 5.42. The second-order valence-electron chi connectivity index (χ2n) is 9.00. The van der Waals surface area contributed by atoms with Crippen molar-refractivity contribution in [3.63, 3.8) is 0 Å². The third kappa shape index (κ3) is 3.62. The van der Waals surface area contributed by atoms with E-state index in [1.54, 1.807) is 39.2 Å². The monoisotopic (exact) mass is 475 g/mol. The second kappa shape index (κ2) is 8.72. The molecule has 2 unspecified atom stereocenters. The molecule has 2 aliphatic rings. The van der Waals surface area contributed by atoms with Gasteiger partial charge in [-0.15, -0.1) is 0 Å². The van der Waals surface area contributed by atoms with Crippen LogP contribution in [0.25, 0.3) is 11.0 Å². The minimum absolute atomic E-state index is 0.0232. The number of rotatable bonds is 4. The predicted molar refractivity (Wildman–Crippen MR) is 133 cm³/mol. The Hall–Kier alpha value is -3.88. The molecule has 2 aliphatic heterocycles. The van der Waals surface area contributed by atoms with Crippen LogP contribution in [0.15, 0.2) is 47.5 Å². The van der Waals surface area contributed by atoms with Gasteiger partial charge in [-0.05, 0) is 25.0 Å². The third-order valence-corrected chi connectivity index (χ3v) is 7.06. The Balaban J connectivity index is 1.72. The van der Waals surface area contributed by atoms with Gasteiger partial charge in [0, 0.05) is 38.7 Å². The van der Waals surface area contributed by atoms with Crippen LogP contribution in [0.3, 0.4) is 0 Å². The number of benzene rings is 2. The fraction of sp³-hybridized carbons (Fsp3) is 0.385. The molecule has 3 heterocycles. The summed E-state index contributed by atoms with van der Waals surface area (Å²) in [4.78, 5) is 43.3. The first-order chi connectivity index (χ1) is 16.9. The Kier molecular flexibility index (Phi) is 5.70. The fourth-order valence-electron chi connectivity index (χ4n) is 5.42. The zero-order valence-electron chi connectivity index (χ0n) is 20.4. The molecular formula is C26H29N5O4. The molecule has 3 aromatic rings. The molecule has 1 spiro atoms. The van der Waals surface area contributed by atoms with Crippen molar-refractivity contribution in [2.75, 3.05) is 39.3 Å². The van der Waals surface area contributed by atoms with E-state index in [1.165, 1.54) is 0 Å². The Labute approximate surface area is 203 Å². The molecule has 2 fully saturated rings. The van der Waals surface area contributed by atoms with Crippen LogP contribution in [0, 0.1) is 0 Å². The number of piperidine rings is 1. The van der Waals surface area contributed by atoms with Crippen molar-refractivity contribution in [1.29, 1.82) is 0 Å². The molecule has 0 bridgehead atoms. The summed E-state index contributed by atoms with van der Waals surface area (Å²) in [6.07, 6.45) is 1.29. The number of H-pyrrole nitrogens is 1. The van der Waals surface area contributed by atoms with Gasteiger partial charge in [-0.3, -0.25) is 14.6 Å². The number of fused-ring (bicyclic) bond motifs is 1. The number of nitrogens with one attached hydrogen (secondary N) is 1. The van der Waals surface area contributed by atoms with E-state index in [0.717, 1.165) is 16.7 Å². The van der Waals surface area contributed by atoms with Crippen molar-refractivity contribution in [3.05, 3.63) is 48.3 Å². The molecule has 0 radical (unpaired) electrons. The second-order valence-corrected chi connectivity index (χ2v) is 9.00. The van der Waals surface area contributed by atoms with Crippen molar-refractivity contribution < 1.29 is 19.1 Å². The molecule has 35 heavy (non-hydrogen) atoms. The Morgan fingerprint density at radius 2 is 1.89 bits per heavy atom. The molecule has 2 atom stereocenters. The number of imidazole rings is 1. The number of carbonyl (C=O) groups excluding carboxylic acids is 2. The molecule has 2 saturated heterocycles. The van der Waals surface area contributed by atoms with Crippen LogP contribution in [0.4, 0.5) is 5.69 Å². The first-order valence-corrected chi connectivity index (χ1v) is 11.7. The number of hydrogen-bond acceptors (Lipinski definition) is 6. The number of Topliss-reactive ketones (excluding diaryl/α,β-unsaturated/α-hetero) is 1. The molecule has 9 nitrogen and oxygen atoms in total. The molecule has 9 heteroatoms. The molecule has 0 saturated carbocycles. The highest BCUT2D eigenvalue weighted by atomic mass is 16.5. The minimum atomic E-state index is -0.986. The van der Waals surface area contributed by atoms with E-state index in [2.05, 4.69) is 9.98 Å². The van der Waals surface area contributed by atoms with Gasteiger partial charge in [0.25, 0.3) is 0 Å². The van der Waals surface area contributed by atoms with Crippen LogP contribution in [0.2, 0.25) is 0 Å². The highest BCUT2D eigenvalue weighted by molar-refractivity contribution is 6.27. The van der Waals surface area contributed by atoms with Crippen LogP contribution in [0.5, 0.6) is 11.5 Å². The SMILES string of the molecule is CN=C1C(c2nc3ccccc3[nH]2)C(=O)C2(CCCN(C(C)=O)C2)N1c1cc(OC)cc(OC)c1. The predicted octanol–water partition coefficient (Wildman–Crippen LogP) is 3.16. The Morgan fingerprint density at radius 1 is 1.17 bits per heavy atom. The normalized spacial score (nSPS) is 23.5. The zero-order valence-corrected chi connectivity index (χ0v) is 20.4. The van der Waals surface area contributed by atoms with E-state index in [1.807, 2.05) is 41.3 Å². The quantitative estimate of drug-likeness (QED) is 0.622. The number of aromatic nitrogens is 2. The number of carbonyl (C=O) groups is 2. The lowest BCUT2D eigenvalue weighted by atomic mass is 9.82. The topological polar surface area (TPSA) is 100 Å². The summed E-state index contributed by atoms with van der Waals surface area (Å²) in [5.74, 6) is 1.56. The van der Waals surface area contributed by atoms with Gasteiger partial charge in [-0.25, -0.2) is 4.98 Å². The van der Waals surface area contributed by atoms with Crippen LogP contribution < -0.4 is 14.4 Å². The molecule has 5 rings (SSSR count). The zero-order chi connectivity index (χ0) is 24.7. The summed E-state index contributed by atoms with van der Waals surface area (Å²) < 4.78 is 11.0. The van der Waals surface area contributed by atoms with E-state index < -0.39 is 11.5 Å². The van der Waals surface area contributed by atoms with E-state index in [4.69, 9.17) is 14.5 Å². The van der Waals surface area contributed by atoms with Gasteiger partial charge in [0.1, 0.15) is 34.6 Å². The van der Waals surface area contributed by atoms with Gasteiger partial charge in [0.05, 0.1) is 37.5 Å². The highest BCUT2D eigenvalue weighted by Gasteiger charge is 2.60. The van der Waals surface area contributed by atoms with Crippen LogP contribution >= 0.6 is 0 Å². The van der Waals surface area contributed by atoms with Gasteiger partial charge >= 0.3 is 0 Å². The van der Waals surface area contributed by atoms with Gasteiger partial charge in [-0.2, -0.15) is 0 Å². The van der Waals surface area contributed by atoms with E-state index in [9.17, 15) is 9.59 Å². The summed E-state index contributed by atoms with van der Waals surface area (Å²) in [7, 11) is 4.87. The number of ether oxygens (including phenoxy) is 2. The van der Waals surface area contributed by atoms with Gasteiger partial charge in [-0.1, -0.05) is 12.1 Å². The standard InChI is InChI=1S/C26H29N5O4/c1-16(32)30-11-7-10-26(15-30)23(33)22(24-28-20-8-5-6-9-21(20)29-24)25(27-2)31(26)17-12-18(34-3)14-19(13-17)35-4/h5-6,8-9,12-14,22H,7,10-11,15H2,1-4H3,(H,28,29). The van der Waals surface area contributed by atoms with Crippen molar-refractivity contribution in [1.82, 2.24) is 14.9 Å². The average molecular weight is 476 g/mol. The average Bonchev–Trinajstić information content (AvgIpc) is 3.40. The lowest BCUT2D eigenvalue weighted by Crippen LogP contribution is -2.61. The number of anilines is 1. The first-order valence-electron chi connectivity index (χ1n) is 11.7. The van der Waals surface area contributed by atoms with Gasteiger partial charge in [0.2, 0.25) is 5.91 Å². The van der Waals surface area contributed by atoms with Crippen molar-refractivity contribution in [3.8, 4) is 11.5 Å². The first kappa shape index (κ1) is 22.9. The molecule has 182 valence electrons. The molecule has 1 aromatic heterocycles. The largest absolute Gasteiger partial charge is 0.497 e. The van der Waals surface area contributed by atoms with E-state index >= 15 is 0 Å². The molecule has 2 aromatic carbocycles. The van der Waals surface area contributed by atoms with Gasteiger partial charge < -0.3 is 24.3 Å². The summed E-state index contributed by atoms with van der Waals surface area (Å²) in [6, 6.07) is 13.2. The van der Waals surface area contributed by atoms with Crippen LogP contribution in [-0.4, -0.2) is 72.3 Å². The summed E-state index contributed by atoms with van der Waals surface area (Å²) >= 11 is 0. The number of amidine groups is 1. The summed E-state index contributed by atoms with van der Waals surface area (Å²) in [6.45, 7) is 2.44. The maximum atomic E-state index is 14.4. The number of aliphatic imine (C=N–C) groups is 1. The number of para-hydroxylation sites is 2. The number of methoxy groups -OCH3 is 2. The van der Waals surface area contributed by atoms with Crippen molar-refractivity contribution in [2.45, 2.75) is 31.2 Å². The number of aromatic amines is 1. The van der Waals surface area contributed by atoms with Crippen LogP contribution in [0.1, 0.15) is 31.5 Å². The Morgan fingerprint density at radius 3 is 2.51 bits per heavy atom. The number of ketones is 1. The smallest absolute Gasteiger partial charge is 0.219 e. The molecule has 0 aliphatic carbocycles. The van der Waals surface area contributed by atoms with Crippen molar-refractivity contribution >= 4 is 34.2 Å². The van der Waals surface area contributed by atoms with Gasteiger partial charge in [0.15, 0.2) is 5.78 Å². The number of amides is 1. The number of likely N-dealkylation sites (tertiary alicyclic amines) is 1. The molecule has 1 amide bonds. The Bertz CT molecular complexity index is 1280. The maximum absolute atomic E-state index is 14.4. The maximum Gasteiger partial charge on any atom is 0.219 e. The number of hydrogen-bond donors (Lipinski definition) is 1. The lowest BCUT2D eigenvalue weighted by Gasteiger charge is -2.45. The number of nitrogens with zero attached hydrogens (tertiary/aromatic N) is 4.